The van der Waals surface area contributed by atoms with Crippen LogP contribution in [0.1, 0.15) is 12.0 Å². The van der Waals surface area contributed by atoms with E-state index in [4.69, 9.17) is 9.47 Å². The topological polar surface area (TPSA) is 76.7 Å². The summed E-state index contributed by atoms with van der Waals surface area (Å²) in [5.41, 5.74) is 5.91. The zero-order valence-electron chi connectivity index (χ0n) is 14.8. The zero-order chi connectivity index (χ0) is 18.8. The van der Waals surface area contributed by atoms with E-state index in [0.717, 1.165) is 4.90 Å². The van der Waals surface area contributed by atoms with E-state index in [0.29, 0.717) is 23.7 Å². The Morgan fingerprint density at radius 2 is 1.62 bits per heavy atom. The maximum absolute atomic E-state index is 11.8. The first-order chi connectivity index (χ1) is 12.6. The van der Waals surface area contributed by atoms with Gasteiger partial charge in [0, 0.05) is 17.1 Å². The number of hydrogen-bond donors (Lipinski definition) is 2. The number of amides is 2. The molecule has 0 fully saturated rings. The van der Waals surface area contributed by atoms with Crippen LogP contribution in [-0.2, 0) is 9.59 Å². The van der Waals surface area contributed by atoms with Crippen molar-refractivity contribution in [3.8, 4) is 11.5 Å². The van der Waals surface area contributed by atoms with Gasteiger partial charge in [0.1, 0.15) is 0 Å². The van der Waals surface area contributed by atoms with Gasteiger partial charge in [-0.2, -0.15) is 0 Å². The van der Waals surface area contributed by atoms with Crippen molar-refractivity contribution in [2.24, 2.45) is 0 Å². The number of carbonyl (C=O) groups excluding carboxylic acids is 2. The molecule has 26 heavy (non-hydrogen) atoms. The quantitative estimate of drug-likeness (QED) is 0.549. The molecule has 2 amide bonds. The van der Waals surface area contributed by atoms with Crippen LogP contribution in [0.5, 0.6) is 11.5 Å². The zero-order valence-corrected chi connectivity index (χ0v) is 15.6. The molecule has 138 valence electrons. The first-order valence-corrected chi connectivity index (χ1v) is 9.10. The van der Waals surface area contributed by atoms with Gasteiger partial charge < -0.3 is 9.47 Å². The molecule has 0 aliphatic heterocycles. The summed E-state index contributed by atoms with van der Waals surface area (Å²) in [4.78, 5) is 24.6. The Balaban J connectivity index is 1.63. The molecule has 0 heterocycles. The van der Waals surface area contributed by atoms with Crippen LogP contribution in [0, 0.1) is 6.92 Å². The second kappa shape index (κ2) is 10.4. The monoisotopic (exact) mass is 374 g/mol. The third-order valence-corrected chi connectivity index (χ3v) is 4.40. The number of nitrogens with one attached hydrogen (secondary N) is 2. The molecule has 0 aliphatic rings. The maximum Gasteiger partial charge on any atom is 0.276 e. The highest BCUT2D eigenvalue weighted by Crippen LogP contribution is 2.25. The predicted octanol–water partition coefficient (Wildman–Crippen LogP) is 2.71. The van der Waals surface area contributed by atoms with Gasteiger partial charge in [-0.3, -0.25) is 20.4 Å². The molecule has 0 spiro atoms. The van der Waals surface area contributed by atoms with Crippen LogP contribution < -0.4 is 20.3 Å². The van der Waals surface area contributed by atoms with E-state index in [9.17, 15) is 9.59 Å². The Bertz CT molecular complexity index is 735. The Hall–Kier alpha value is -2.67. The van der Waals surface area contributed by atoms with Gasteiger partial charge in [-0.25, -0.2) is 0 Å². The lowest BCUT2D eigenvalue weighted by Gasteiger charge is -2.11. The number of thioether (sulfide) groups is 1. The van der Waals surface area contributed by atoms with Crippen molar-refractivity contribution in [3.63, 3.8) is 0 Å². The van der Waals surface area contributed by atoms with Gasteiger partial charge in [0.25, 0.3) is 5.91 Å². The van der Waals surface area contributed by atoms with Crippen LogP contribution in [0.3, 0.4) is 0 Å². The molecular weight excluding hydrogens is 352 g/mol. The number of carbonyl (C=O) groups is 2. The molecule has 0 unspecified atom stereocenters. The van der Waals surface area contributed by atoms with Crippen LogP contribution in [0.2, 0.25) is 0 Å². The van der Waals surface area contributed by atoms with Crippen molar-refractivity contribution >= 4 is 23.6 Å². The standard InChI is InChI=1S/C19H22N2O4S/c1-14-7-9-15(10-8-14)26-12-11-18(22)20-21-19(23)13-25-17-6-4-3-5-16(17)24-2/h3-10H,11-13H2,1-2H3,(H,20,22)(H,21,23). The molecule has 0 saturated heterocycles. The number of methoxy groups -OCH3 is 1. The van der Waals surface area contributed by atoms with Gasteiger partial charge in [-0.05, 0) is 31.2 Å². The average Bonchev–Trinajstić information content (AvgIpc) is 2.66. The maximum atomic E-state index is 11.8. The number of rotatable bonds is 8. The Labute approximate surface area is 157 Å². The Morgan fingerprint density at radius 3 is 2.31 bits per heavy atom. The van der Waals surface area contributed by atoms with Crippen molar-refractivity contribution in [2.75, 3.05) is 19.5 Å². The highest BCUT2D eigenvalue weighted by molar-refractivity contribution is 7.99. The van der Waals surface area contributed by atoms with Crippen molar-refractivity contribution in [2.45, 2.75) is 18.2 Å². The fourth-order valence-corrected chi connectivity index (χ4v) is 2.87. The molecule has 0 atom stereocenters. The summed E-state index contributed by atoms with van der Waals surface area (Å²) in [6.45, 7) is 1.81. The summed E-state index contributed by atoms with van der Waals surface area (Å²) in [7, 11) is 1.52. The average molecular weight is 374 g/mol. The Morgan fingerprint density at radius 1 is 0.962 bits per heavy atom. The van der Waals surface area contributed by atoms with Crippen LogP contribution in [0.25, 0.3) is 0 Å². The smallest absolute Gasteiger partial charge is 0.276 e. The summed E-state index contributed by atoms with van der Waals surface area (Å²) in [5, 5.41) is 0. The van der Waals surface area contributed by atoms with Crippen molar-refractivity contribution in [1.82, 2.24) is 10.9 Å². The summed E-state index contributed by atoms with van der Waals surface area (Å²) in [6.07, 6.45) is 0.298. The highest BCUT2D eigenvalue weighted by atomic mass is 32.2. The summed E-state index contributed by atoms with van der Waals surface area (Å²) in [6, 6.07) is 15.1. The number of hydrogen-bond acceptors (Lipinski definition) is 5. The minimum absolute atomic E-state index is 0.223. The number of aryl methyl sites for hydroxylation is 1. The fourth-order valence-electron chi connectivity index (χ4n) is 2.02. The van der Waals surface area contributed by atoms with Crippen LogP contribution in [0.4, 0.5) is 0 Å². The molecular formula is C19H22N2O4S. The molecule has 0 aromatic heterocycles. The third-order valence-electron chi connectivity index (χ3n) is 3.39. The molecule has 0 aliphatic carbocycles. The van der Waals surface area contributed by atoms with Crippen molar-refractivity contribution < 1.29 is 19.1 Å². The van der Waals surface area contributed by atoms with Crippen molar-refractivity contribution in [1.29, 1.82) is 0 Å². The molecule has 6 nitrogen and oxygen atoms in total. The Kier molecular flexibility index (Phi) is 7.82. The van der Waals surface area contributed by atoms with E-state index in [1.807, 2.05) is 31.2 Å². The summed E-state index contributed by atoms with van der Waals surface area (Å²) < 4.78 is 10.5. The van der Waals surface area contributed by atoms with Gasteiger partial charge in [0.15, 0.2) is 18.1 Å². The first kappa shape index (κ1) is 19.7. The molecule has 0 bridgehead atoms. The van der Waals surface area contributed by atoms with Crippen LogP contribution in [-0.4, -0.2) is 31.3 Å². The number of para-hydroxylation sites is 2. The van der Waals surface area contributed by atoms with Crippen LogP contribution >= 0.6 is 11.8 Å². The van der Waals surface area contributed by atoms with E-state index >= 15 is 0 Å². The van der Waals surface area contributed by atoms with E-state index in [1.54, 1.807) is 36.0 Å². The highest BCUT2D eigenvalue weighted by Gasteiger charge is 2.08. The summed E-state index contributed by atoms with van der Waals surface area (Å²) >= 11 is 1.59. The normalized spacial score (nSPS) is 10.1. The van der Waals surface area contributed by atoms with Gasteiger partial charge in [-0.15, -0.1) is 11.8 Å². The number of hydrazine groups is 1. The van der Waals surface area contributed by atoms with E-state index in [2.05, 4.69) is 10.9 Å². The minimum Gasteiger partial charge on any atom is -0.493 e. The lowest BCUT2D eigenvalue weighted by Crippen LogP contribution is -2.43. The van der Waals surface area contributed by atoms with E-state index in [1.165, 1.54) is 12.7 Å². The largest absolute Gasteiger partial charge is 0.493 e. The molecule has 0 saturated carbocycles. The van der Waals surface area contributed by atoms with Gasteiger partial charge in [0.2, 0.25) is 5.91 Å². The second-order valence-corrected chi connectivity index (χ2v) is 6.62. The molecule has 2 aromatic rings. The molecule has 7 heteroatoms. The molecule has 2 N–H and O–H groups in total. The lowest BCUT2D eigenvalue weighted by molar-refractivity contribution is -0.129. The van der Waals surface area contributed by atoms with Crippen molar-refractivity contribution in [3.05, 3.63) is 54.1 Å². The number of benzene rings is 2. The molecule has 0 radical (unpaired) electrons. The van der Waals surface area contributed by atoms with E-state index in [-0.39, 0.29) is 12.5 Å². The predicted molar refractivity (Wildman–Crippen MR) is 101 cm³/mol. The molecule has 2 aromatic carbocycles. The van der Waals surface area contributed by atoms with E-state index < -0.39 is 5.91 Å². The number of ether oxygens (including phenoxy) is 2. The minimum atomic E-state index is -0.449. The lowest BCUT2D eigenvalue weighted by atomic mass is 10.2. The SMILES string of the molecule is COc1ccccc1OCC(=O)NNC(=O)CCSc1ccc(C)cc1. The van der Waals surface area contributed by atoms with Crippen LogP contribution in [0.15, 0.2) is 53.4 Å². The van der Waals surface area contributed by atoms with Gasteiger partial charge in [-0.1, -0.05) is 29.8 Å². The fraction of sp³-hybridized carbons (Fsp3) is 0.263. The first-order valence-electron chi connectivity index (χ1n) is 8.11. The third kappa shape index (κ3) is 6.68. The second-order valence-electron chi connectivity index (χ2n) is 5.45. The van der Waals surface area contributed by atoms with Gasteiger partial charge in [0.05, 0.1) is 7.11 Å². The summed E-state index contributed by atoms with van der Waals surface area (Å²) in [5.74, 6) is 0.928. The molecule has 2 rings (SSSR count). The van der Waals surface area contributed by atoms with Gasteiger partial charge >= 0.3 is 0 Å².